The molecule has 0 saturated carbocycles. The number of rotatable bonds is 15. The zero-order chi connectivity index (χ0) is 31.2. The van der Waals surface area contributed by atoms with Crippen molar-refractivity contribution in [1.29, 1.82) is 0 Å². The molecule has 0 radical (unpaired) electrons. The van der Waals surface area contributed by atoms with Crippen LogP contribution in [0.2, 0.25) is 0 Å². The average molecular weight is 597 g/mol. The molecule has 15 heteroatoms. The Morgan fingerprint density at radius 3 is 2.26 bits per heavy atom. The Morgan fingerprint density at radius 2 is 1.60 bits per heavy atom. The zero-order valence-electron chi connectivity index (χ0n) is 23.6. The van der Waals surface area contributed by atoms with E-state index in [2.05, 4.69) is 15.6 Å². The van der Waals surface area contributed by atoms with Gasteiger partial charge in [0.15, 0.2) is 11.1 Å². The highest BCUT2D eigenvalue weighted by Gasteiger charge is 2.33. The standard InChI is InChI=1S/C28H36N8O7/c29-28(33-36(42)43)31-14-7-12-22(26(40)27(41)30-15-13-20-8-3-1-4-9-20)32-23(37)17-35-19-24(38)34(18-25(35)39)16-21-10-5-2-6-11-21/h1-6,8-11,22,26,40H,7,12-19H2,(H,30,41)(H,32,37)(H3,29,31,33)/t22-,26?/m0/s1. The summed E-state index contributed by atoms with van der Waals surface area (Å²) in [5.41, 5.74) is 8.98. The van der Waals surface area contributed by atoms with Gasteiger partial charge in [-0.3, -0.25) is 19.2 Å². The van der Waals surface area contributed by atoms with Gasteiger partial charge in [-0.1, -0.05) is 66.1 Å². The molecule has 2 aromatic rings. The number of nitrogens with zero attached hydrogens (tertiary/aromatic N) is 4. The van der Waals surface area contributed by atoms with E-state index in [9.17, 15) is 34.4 Å². The first kappa shape index (κ1) is 32.5. The third-order valence-corrected chi connectivity index (χ3v) is 6.62. The zero-order valence-corrected chi connectivity index (χ0v) is 23.6. The van der Waals surface area contributed by atoms with Crippen molar-refractivity contribution in [3.05, 3.63) is 81.9 Å². The number of benzene rings is 2. The van der Waals surface area contributed by atoms with E-state index in [1.54, 1.807) is 5.43 Å². The molecule has 1 heterocycles. The number of nitro groups is 1. The van der Waals surface area contributed by atoms with Crippen LogP contribution in [0.5, 0.6) is 0 Å². The Morgan fingerprint density at radius 1 is 1.00 bits per heavy atom. The predicted octanol–water partition coefficient (Wildman–Crippen LogP) is -1.06. The number of carbonyl (C=O) groups is 4. The lowest BCUT2D eigenvalue weighted by Gasteiger charge is -2.34. The number of aliphatic hydroxyl groups excluding tert-OH is 1. The summed E-state index contributed by atoms with van der Waals surface area (Å²) in [6.07, 6.45) is -0.848. The van der Waals surface area contributed by atoms with Gasteiger partial charge in [0, 0.05) is 19.6 Å². The van der Waals surface area contributed by atoms with Gasteiger partial charge in [0.05, 0.1) is 6.04 Å². The lowest BCUT2D eigenvalue weighted by atomic mass is 10.0. The number of nitrogens with one attached hydrogen (secondary N) is 3. The molecule has 230 valence electrons. The third kappa shape index (κ3) is 11.0. The summed E-state index contributed by atoms with van der Waals surface area (Å²) in [6.45, 7) is -0.391. The summed E-state index contributed by atoms with van der Waals surface area (Å²) < 4.78 is 0. The topological polar surface area (TPSA) is 213 Å². The van der Waals surface area contributed by atoms with Crippen molar-refractivity contribution < 1.29 is 29.3 Å². The predicted molar refractivity (Wildman–Crippen MR) is 155 cm³/mol. The monoisotopic (exact) mass is 596 g/mol. The molecule has 0 aromatic heterocycles. The number of carbonyl (C=O) groups excluding carboxylic acids is 4. The lowest BCUT2D eigenvalue weighted by molar-refractivity contribution is -0.525. The molecule has 2 aromatic carbocycles. The number of hydrogen-bond acceptors (Lipinski definition) is 8. The number of aliphatic hydroxyl groups is 1. The van der Waals surface area contributed by atoms with E-state index in [0.717, 1.165) is 16.0 Å². The van der Waals surface area contributed by atoms with Crippen LogP contribution in [-0.2, 0) is 32.1 Å². The molecule has 4 amide bonds. The molecule has 43 heavy (non-hydrogen) atoms. The van der Waals surface area contributed by atoms with Crippen molar-refractivity contribution in [2.45, 2.75) is 38.0 Å². The van der Waals surface area contributed by atoms with Crippen LogP contribution in [0, 0.1) is 10.1 Å². The van der Waals surface area contributed by atoms with Crippen LogP contribution in [0.4, 0.5) is 0 Å². The molecule has 0 aliphatic carbocycles. The maximum absolute atomic E-state index is 12.9. The van der Waals surface area contributed by atoms with Crippen molar-refractivity contribution in [3.8, 4) is 0 Å². The molecule has 0 bridgehead atoms. The summed E-state index contributed by atoms with van der Waals surface area (Å²) in [5, 5.41) is 25.6. The van der Waals surface area contributed by atoms with E-state index in [1.165, 1.54) is 4.90 Å². The Labute approximate surface area is 248 Å². The van der Waals surface area contributed by atoms with Crippen molar-refractivity contribution in [1.82, 2.24) is 25.9 Å². The summed E-state index contributed by atoms with van der Waals surface area (Å²) >= 11 is 0. The van der Waals surface area contributed by atoms with Gasteiger partial charge in [-0.05, 0) is 30.4 Å². The van der Waals surface area contributed by atoms with E-state index in [0.29, 0.717) is 6.42 Å². The minimum atomic E-state index is -1.64. The molecule has 1 saturated heterocycles. The smallest absolute Gasteiger partial charge is 0.251 e. The summed E-state index contributed by atoms with van der Waals surface area (Å²) in [7, 11) is 0. The summed E-state index contributed by atoms with van der Waals surface area (Å²) in [5.74, 6) is -2.52. The van der Waals surface area contributed by atoms with Crippen LogP contribution in [0.25, 0.3) is 0 Å². The van der Waals surface area contributed by atoms with Gasteiger partial charge in [-0.15, -0.1) is 0 Å². The highest BCUT2D eigenvalue weighted by atomic mass is 16.7. The lowest BCUT2D eigenvalue weighted by Crippen LogP contribution is -2.57. The SMILES string of the molecule is NC(=NCCC[C@H](NC(=O)CN1CC(=O)N(Cc2ccccc2)CC1=O)C(O)C(=O)NCCc1ccccc1)N[N+](=O)[O-]. The molecule has 15 nitrogen and oxygen atoms in total. The summed E-state index contributed by atoms with van der Waals surface area (Å²) in [6, 6.07) is 17.6. The van der Waals surface area contributed by atoms with E-state index in [-0.39, 0.29) is 51.5 Å². The van der Waals surface area contributed by atoms with Crippen molar-refractivity contribution in [2.24, 2.45) is 10.7 Å². The van der Waals surface area contributed by atoms with Crippen LogP contribution in [0.3, 0.4) is 0 Å². The molecule has 1 fully saturated rings. The minimum absolute atomic E-state index is 0.0117. The van der Waals surface area contributed by atoms with Gasteiger partial charge in [0.2, 0.25) is 17.7 Å². The first-order chi connectivity index (χ1) is 20.6. The van der Waals surface area contributed by atoms with E-state index in [4.69, 9.17) is 5.73 Å². The number of nitrogens with two attached hydrogens (primary N) is 1. The van der Waals surface area contributed by atoms with Crippen LogP contribution in [0.1, 0.15) is 24.0 Å². The van der Waals surface area contributed by atoms with Crippen LogP contribution in [-0.4, -0.2) is 94.4 Å². The Bertz CT molecular complexity index is 1290. The number of hydrazine groups is 1. The second kappa shape index (κ2) is 16.4. The molecule has 1 aliphatic heterocycles. The fraction of sp³-hybridized carbons (Fsp3) is 0.393. The molecular formula is C28H36N8O7. The molecule has 3 rings (SSSR count). The molecular weight excluding hydrogens is 560 g/mol. The largest absolute Gasteiger partial charge is 0.381 e. The van der Waals surface area contributed by atoms with Gasteiger partial charge in [-0.2, -0.15) is 0 Å². The average Bonchev–Trinajstić information content (AvgIpc) is 2.97. The molecule has 2 atom stereocenters. The normalized spacial score (nSPS) is 15.0. The van der Waals surface area contributed by atoms with E-state index < -0.39 is 47.4 Å². The van der Waals surface area contributed by atoms with Gasteiger partial charge in [0.1, 0.15) is 19.6 Å². The second-order valence-corrected chi connectivity index (χ2v) is 9.91. The number of hydrogen-bond donors (Lipinski definition) is 5. The van der Waals surface area contributed by atoms with Crippen molar-refractivity contribution in [2.75, 3.05) is 32.7 Å². The quantitative estimate of drug-likeness (QED) is 0.0556. The molecule has 1 unspecified atom stereocenters. The molecule has 0 spiro atoms. The summed E-state index contributed by atoms with van der Waals surface area (Å²) in [4.78, 5) is 67.9. The number of amides is 4. The van der Waals surface area contributed by atoms with Gasteiger partial charge >= 0.3 is 0 Å². The fourth-order valence-electron chi connectivity index (χ4n) is 4.43. The van der Waals surface area contributed by atoms with E-state index in [1.807, 2.05) is 60.7 Å². The number of piperazine rings is 1. The molecule has 1 aliphatic rings. The van der Waals surface area contributed by atoms with Gasteiger partial charge < -0.3 is 31.3 Å². The first-order valence-corrected chi connectivity index (χ1v) is 13.7. The first-order valence-electron chi connectivity index (χ1n) is 13.7. The van der Waals surface area contributed by atoms with Crippen LogP contribution < -0.4 is 21.8 Å². The minimum Gasteiger partial charge on any atom is -0.381 e. The highest BCUT2D eigenvalue weighted by molar-refractivity contribution is 5.95. The molecule has 6 N–H and O–H groups in total. The number of aliphatic imine (C=N–C) groups is 1. The maximum atomic E-state index is 12.9. The third-order valence-electron chi connectivity index (χ3n) is 6.62. The highest BCUT2D eigenvalue weighted by Crippen LogP contribution is 2.11. The number of guanidine groups is 1. The fourth-order valence-corrected chi connectivity index (χ4v) is 4.43. The second-order valence-electron chi connectivity index (χ2n) is 9.91. The Kier molecular flexibility index (Phi) is 12.4. The van der Waals surface area contributed by atoms with Gasteiger partial charge in [-0.25, -0.2) is 15.1 Å². The van der Waals surface area contributed by atoms with Crippen molar-refractivity contribution in [3.63, 3.8) is 0 Å². The van der Waals surface area contributed by atoms with Gasteiger partial charge in [0.25, 0.3) is 11.9 Å². The maximum Gasteiger partial charge on any atom is 0.251 e. The Balaban J connectivity index is 1.57. The van der Waals surface area contributed by atoms with Crippen LogP contribution >= 0.6 is 0 Å². The van der Waals surface area contributed by atoms with E-state index >= 15 is 0 Å². The Hall–Kier alpha value is -5.05. The van der Waals surface area contributed by atoms with Crippen LogP contribution in [0.15, 0.2) is 65.7 Å². The van der Waals surface area contributed by atoms with Crippen molar-refractivity contribution >= 4 is 29.6 Å².